The van der Waals surface area contributed by atoms with E-state index in [2.05, 4.69) is 4.98 Å². The summed E-state index contributed by atoms with van der Waals surface area (Å²) in [6.07, 6.45) is 4.89. The third-order valence-corrected chi connectivity index (χ3v) is 2.18. The van der Waals surface area contributed by atoms with Crippen LogP contribution in [0.4, 0.5) is 0 Å². The smallest absolute Gasteiger partial charge is 0.250 e. The van der Waals surface area contributed by atoms with Crippen LogP contribution >= 0.6 is 0 Å². The molecule has 0 fully saturated rings. The van der Waals surface area contributed by atoms with Crippen LogP contribution in [0, 0.1) is 16.0 Å². The molecule has 1 aromatic rings. The SMILES string of the molecule is CCn1cncc1/C=C(/C(C)C)[N+](=O)[O-]. The summed E-state index contributed by atoms with van der Waals surface area (Å²) < 4.78 is 1.87. The molecule has 0 aromatic carbocycles. The molecule has 1 heterocycles. The van der Waals surface area contributed by atoms with Gasteiger partial charge in [-0.3, -0.25) is 10.1 Å². The highest BCUT2D eigenvalue weighted by molar-refractivity contribution is 5.46. The van der Waals surface area contributed by atoms with Crippen molar-refractivity contribution in [3.8, 4) is 0 Å². The van der Waals surface area contributed by atoms with E-state index in [1.807, 2.05) is 11.5 Å². The van der Waals surface area contributed by atoms with Gasteiger partial charge in [-0.2, -0.15) is 0 Å². The maximum absolute atomic E-state index is 10.8. The summed E-state index contributed by atoms with van der Waals surface area (Å²) in [6, 6.07) is 0. The van der Waals surface area contributed by atoms with Gasteiger partial charge in [0.15, 0.2) is 0 Å². The van der Waals surface area contributed by atoms with Crippen LogP contribution in [-0.4, -0.2) is 14.5 Å². The van der Waals surface area contributed by atoms with Crippen molar-refractivity contribution in [2.45, 2.75) is 27.3 Å². The Balaban J connectivity index is 3.07. The summed E-state index contributed by atoms with van der Waals surface area (Å²) in [5, 5.41) is 10.8. The maximum atomic E-state index is 10.8. The highest BCUT2D eigenvalue weighted by Crippen LogP contribution is 2.14. The molecule has 0 atom stereocenters. The average molecular weight is 209 g/mol. The summed E-state index contributed by atoms with van der Waals surface area (Å²) >= 11 is 0. The molecule has 0 amide bonds. The van der Waals surface area contributed by atoms with E-state index in [0.29, 0.717) is 0 Å². The van der Waals surface area contributed by atoms with E-state index in [1.165, 1.54) is 0 Å². The maximum Gasteiger partial charge on any atom is 0.250 e. The van der Waals surface area contributed by atoms with Crippen molar-refractivity contribution >= 4 is 6.08 Å². The number of imidazole rings is 1. The second kappa shape index (κ2) is 4.72. The monoisotopic (exact) mass is 209 g/mol. The zero-order valence-electron chi connectivity index (χ0n) is 9.17. The van der Waals surface area contributed by atoms with Gasteiger partial charge in [-0.05, 0) is 6.92 Å². The highest BCUT2D eigenvalue weighted by Gasteiger charge is 2.16. The summed E-state index contributed by atoms with van der Waals surface area (Å²) in [5.41, 5.74) is 0.989. The fourth-order valence-electron chi connectivity index (χ4n) is 1.30. The lowest BCUT2D eigenvalue weighted by Gasteiger charge is -2.03. The van der Waals surface area contributed by atoms with Gasteiger partial charge in [0.05, 0.1) is 23.1 Å². The first-order valence-corrected chi connectivity index (χ1v) is 4.92. The van der Waals surface area contributed by atoms with Gasteiger partial charge >= 0.3 is 0 Å². The number of nitrogens with zero attached hydrogens (tertiary/aromatic N) is 3. The van der Waals surface area contributed by atoms with Crippen LogP contribution in [0.5, 0.6) is 0 Å². The predicted molar refractivity (Wildman–Crippen MR) is 57.7 cm³/mol. The van der Waals surface area contributed by atoms with Crippen LogP contribution < -0.4 is 0 Å². The van der Waals surface area contributed by atoms with Crippen LogP contribution in [0.3, 0.4) is 0 Å². The largest absolute Gasteiger partial charge is 0.331 e. The number of hydrogen-bond donors (Lipinski definition) is 0. The van der Waals surface area contributed by atoms with E-state index in [1.54, 1.807) is 32.4 Å². The van der Waals surface area contributed by atoms with Gasteiger partial charge in [0.2, 0.25) is 0 Å². The predicted octanol–water partition coefficient (Wildman–Crippen LogP) is 2.18. The van der Waals surface area contributed by atoms with E-state index >= 15 is 0 Å². The van der Waals surface area contributed by atoms with Crippen LogP contribution in [0.15, 0.2) is 18.2 Å². The van der Waals surface area contributed by atoms with E-state index in [-0.39, 0.29) is 16.5 Å². The van der Waals surface area contributed by atoms with Crippen molar-refractivity contribution in [2.75, 3.05) is 0 Å². The molecule has 0 unspecified atom stereocenters. The number of aryl methyl sites for hydroxylation is 1. The van der Waals surface area contributed by atoms with Gasteiger partial charge in [0.1, 0.15) is 0 Å². The van der Waals surface area contributed by atoms with Crippen LogP contribution in [0.1, 0.15) is 26.5 Å². The fraction of sp³-hybridized carbons (Fsp3) is 0.500. The lowest BCUT2D eigenvalue weighted by atomic mass is 10.1. The lowest BCUT2D eigenvalue weighted by Crippen LogP contribution is -2.06. The number of allylic oxidation sites excluding steroid dienone is 1. The van der Waals surface area contributed by atoms with Gasteiger partial charge in [-0.25, -0.2) is 4.98 Å². The molecule has 0 radical (unpaired) electrons. The quantitative estimate of drug-likeness (QED) is 0.564. The van der Waals surface area contributed by atoms with Crippen molar-refractivity contribution in [3.63, 3.8) is 0 Å². The van der Waals surface area contributed by atoms with Crippen LogP contribution in [0.25, 0.3) is 6.08 Å². The van der Waals surface area contributed by atoms with Gasteiger partial charge in [-0.1, -0.05) is 13.8 Å². The van der Waals surface area contributed by atoms with Crippen molar-refractivity contribution in [1.29, 1.82) is 0 Å². The first kappa shape index (κ1) is 11.4. The molecular formula is C10H15N3O2. The Morgan fingerprint density at radius 1 is 1.73 bits per heavy atom. The number of aromatic nitrogens is 2. The molecular weight excluding hydrogens is 194 g/mol. The van der Waals surface area contributed by atoms with Gasteiger partial charge in [0.25, 0.3) is 5.70 Å². The molecule has 1 rings (SSSR count). The molecule has 0 saturated carbocycles. The first-order chi connectivity index (χ1) is 7.06. The third kappa shape index (κ3) is 2.65. The Labute approximate surface area is 88.6 Å². The Morgan fingerprint density at radius 2 is 2.40 bits per heavy atom. The van der Waals surface area contributed by atoms with Gasteiger partial charge < -0.3 is 4.57 Å². The fourth-order valence-corrected chi connectivity index (χ4v) is 1.30. The number of nitro groups is 1. The van der Waals surface area contributed by atoms with Crippen molar-refractivity contribution in [2.24, 2.45) is 5.92 Å². The lowest BCUT2D eigenvalue weighted by molar-refractivity contribution is -0.431. The molecule has 0 saturated heterocycles. The second-order valence-electron chi connectivity index (χ2n) is 3.59. The molecule has 0 aliphatic rings. The Morgan fingerprint density at radius 3 is 2.87 bits per heavy atom. The zero-order valence-corrected chi connectivity index (χ0v) is 9.17. The summed E-state index contributed by atoms with van der Waals surface area (Å²) in [6.45, 7) is 6.34. The molecule has 15 heavy (non-hydrogen) atoms. The standard InChI is InChI=1S/C10H15N3O2/c1-4-12-7-11-6-9(12)5-10(8(2)3)13(14)15/h5-8H,4H2,1-3H3/b10-5-. The topological polar surface area (TPSA) is 61.0 Å². The summed E-state index contributed by atoms with van der Waals surface area (Å²) in [4.78, 5) is 14.4. The number of rotatable bonds is 4. The second-order valence-corrected chi connectivity index (χ2v) is 3.59. The van der Waals surface area contributed by atoms with Crippen molar-refractivity contribution in [3.05, 3.63) is 34.0 Å². The Hall–Kier alpha value is -1.65. The van der Waals surface area contributed by atoms with Gasteiger partial charge in [-0.15, -0.1) is 0 Å². The molecule has 0 spiro atoms. The Bertz CT molecular complexity index is 380. The summed E-state index contributed by atoms with van der Waals surface area (Å²) in [7, 11) is 0. The van der Waals surface area contributed by atoms with Crippen LogP contribution in [0.2, 0.25) is 0 Å². The molecule has 5 nitrogen and oxygen atoms in total. The van der Waals surface area contributed by atoms with E-state index < -0.39 is 0 Å². The molecule has 82 valence electrons. The minimum atomic E-state index is -0.336. The Kier molecular flexibility index (Phi) is 3.60. The van der Waals surface area contributed by atoms with Crippen molar-refractivity contribution < 1.29 is 4.92 Å². The first-order valence-electron chi connectivity index (χ1n) is 4.92. The third-order valence-electron chi connectivity index (χ3n) is 2.18. The zero-order chi connectivity index (χ0) is 11.4. The number of hydrogen-bond acceptors (Lipinski definition) is 3. The molecule has 1 aromatic heterocycles. The minimum Gasteiger partial charge on any atom is -0.331 e. The molecule has 0 N–H and O–H groups in total. The van der Waals surface area contributed by atoms with E-state index in [9.17, 15) is 10.1 Å². The normalized spacial score (nSPS) is 12.1. The van der Waals surface area contributed by atoms with E-state index in [4.69, 9.17) is 0 Å². The van der Waals surface area contributed by atoms with Crippen LogP contribution in [-0.2, 0) is 6.54 Å². The summed E-state index contributed by atoms with van der Waals surface area (Å²) in [5.74, 6) is -0.0970. The molecule has 0 bridgehead atoms. The average Bonchev–Trinajstić information content (AvgIpc) is 2.59. The minimum absolute atomic E-state index is 0.0970. The van der Waals surface area contributed by atoms with Crippen molar-refractivity contribution in [1.82, 2.24) is 9.55 Å². The molecule has 0 aliphatic heterocycles. The highest BCUT2D eigenvalue weighted by atomic mass is 16.6. The van der Waals surface area contributed by atoms with Gasteiger partial charge in [0, 0.05) is 18.5 Å². The molecule has 5 heteroatoms. The van der Waals surface area contributed by atoms with E-state index in [0.717, 1.165) is 12.2 Å². The molecule has 0 aliphatic carbocycles.